The van der Waals surface area contributed by atoms with Gasteiger partial charge in [-0.2, -0.15) is 0 Å². The second-order valence-electron chi connectivity index (χ2n) is 9.26. The number of carboxylic acid groups (broad SMARTS) is 1. The van der Waals surface area contributed by atoms with E-state index in [1.807, 2.05) is 24.3 Å². The van der Waals surface area contributed by atoms with Crippen molar-refractivity contribution >= 4 is 18.0 Å². The van der Waals surface area contributed by atoms with Crippen molar-refractivity contribution in [3.63, 3.8) is 0 Å². The van der Waals surface area contributed by atoms with Gasteiger partial charge in [-0.15, -0.1) is 6.58 Å². The number of alkyl carbamates (subject to hydrolysis) is 1. The number of hydrogen-bond donors (Lipinski definition) is 2. The van der Waals surface area contributed by atoms with Gasteiger partial charge in [0.1, 0.15) is 13.2 Å². The van der Waals surface area contributed by atoms with Gasteiger partial charge in [-0.05, 0) is 41.0 Å². The number of ether oxygens (including phenoxy) is 1. The van der Waals surface area contributed by atoms with Crippen LogP contribution < -0.4 is 5.32 Å². The first-order valence-corrected chi connectivity index (χ1v) is 12.2. The number of amides is 2. The van der Waals surface area contributed by atoms with Crippen LogP contribution in [0, 0.1) is 11.8 Å². The van der Waals surface area contributed by atoms with Gasteiger partial charge < -0.3 is 20.1 Å². The van der Waals surface area contributed by atoms with Crippen molar-refractivity contribution in [2.75, 3.05) is 26.2 Å². The molecule has 1 fully saturated rings. The molecule has 2 aromatic rings. The van der Waals surface area contributed by atoms with E-state index in [4.69, 9.17) is 9.84 Å². The molecule has 2 atom stereocenters. The predicted molar refractivity (Wildman–Crippen MR) is 133 cm³/mol. The summed E-state index contributed by atoms with van der Waals surface area (Å²) in [7, 11) is 0. The second-order valence-corrected chi connectivity index (χ2v) is 9.26. The van der Waals surface area contributed by atoms with Gasteiger partial charge in [-0.3, -0.25) is 9.59 Å². The molecule has 0 aliphatic heterocycles. The number of carbonyl (C=O) groups excluding carboxylic acids is 2. The maximum atomic E-state index is 13.1. The summed E-state index contributed by atoms with van der Waals surface area (Å²) in [6.07, 6.45) is 4.40. The zero-order chi connectivity index (χ0) is 24.8. The van der Waals surface area contributed by atoms with E-state index in [2.05, 4.69) is 36.2 Å². The SMILES string of the molecule is C=CCN(CC(=O)O)C(=O)[C@H]1CCCC[C@H]1CNC(=O)OCC1c2ccccc2-c2ccccc21. The van der Waals surface area contributed by atoms with Crippen LogP contribution in [0.25, 0.3) is 11.1 Å². The van der Waals surface area contributed by atoms with Gasteiger partial charge in [-0.25, -0.2) is 4.79 Å². The van der Waals surface area contributed by atoms with Crippen molar-refractivity contribution in [3.8, 4) is 11.1 Å². The smallest absolute Gasteiger partial charge is 0.407 e. The first-order valence-electron chi connectivity index (χ1n) is 12.2. The van der Waals surface area contributed by atoms with Crippen molar-refractivity contribution in [3.05, 3.63) is 72.3 Å². The summed E-state index contributed by atoms with van der Waals surface area (Å²) in [5.74, 6) is -1.63. The Labute approximate surface area is 205 Å². The molecule has 0 radical (unpaired) electrons. The molecule has 0 spiro atoms. The van der Waals surface area contributed by atoms with E-state index in [1.165, 1.54) is 22.1 Å². The number of carbonyl (C=O) groups is 3. The summed E-state index contributed by atoms with van der Waals surface area (Å²) in [4.78, 5) is 38.2. The molecule has 0 aromatic heterocycles. The Kier molecular flexibility index (Phi) is 7.85. The summed E-state index contributed by atoms with van der Waals surface area (Å²) >= 11 is 0. The van der Waals surface area contributed by atoms with Crippen LogP contribution in [0.3, 0.4) is 0 Å². The Morgan fingerprint density at radius 1 is 1.03 bits per heavy atom. The average molecular weight is 477 g/mol. The van der Waals surface area contributed by atoms with Gasteiger partial charge in [0.15, 0.2) is 0 Å². The number of nitrogens with zero attached hydrogens (tertiary/aromatic N) is 1. The highest BCUT2D eigenvalue weighted by molar-refractivity contribution is 5.83. The average Bonchev–Trinajstić information content (AvgIpc) is 3.19. The lowest BCUT2D eigenvalue weighted by Gasteiger charge is -2.34. The molecule has 2 amide bonds. The summed E-state index contributed by atoms with van der Waals surface area (Å²) in [5.41, 5.74) is 4.65. The lowest BCUT2D eigenvalue weighted by molar-refractivity contribution is -0.147. The Morgan fingerprint density at radius 2 is 1.66 bits per heavy atom. The third-order valence-corrected chi connectivity index (χ3v) is 7.07. The van der Waals surface area contributed by atoms with Gasteiger partial charge >= 0.3 is 12.1 Å². The number of aliphatic carboxylic acids is 1. The van der Waals surface area contributed by atoms with E-state index < -0.39 is 12.1 Å². The van der Waals surface area contributed by atoms with E-state index in [0.717, 1.165) is 30.4 Å². The van der Waals surface area contributed by atoms with Crippen molar-refractivity contribution in [2.24, 2.45) is 11.8 Å². The van der Waals surface area contributed by atoms with Crippen molar-refractivity contribution in [1.29, 1.82) is 0 Å². The standard InChI is InChI=1S/C28H32N2O5/c1-2-15-30(17-26(31)32)27(33)20-10-4-3-9-19(20)16-29-28(34)35-18-25-23-13-7-5-11-21(23)22-12-6-8-14-24(22)25/h2,5-8,11-14,19-20,25H,1,3-4,9-10,15-18H2,(H,29,34)(H,31,32)/t19-,20-/m0/s1. The van der Waals surface area contributed by atoms with Gasteiger partial charge in [0.05, 0.1) is 0 Å². The highest BCUT2D eigenvalue weighted by Crippen LogP contribution is 2.44. The number of rotatable bonds is 9. The maximum Gasteiger partial charge on any atom is 0.407 e. The zero-order valence-corrected chi connectivity index (χ0v) is 19.8. The highest BCUT2D eigenvalue weighted by atomic mass is 16.5. The van der Waals surface area contributed by atoms with Crippen LogP contribution in [0.5, 0.6) is 0 Å². The third-order valence-electron chi connectivity index (χ3n) is 7.07. The van der Waals surface area contributed by atoms with E-state index in [1.54, 1.807) is 0 Å². The molecule has 4 rings (SSSR count). The van der Waals surface area contributed by atoms with Crippen molar-refractivity contribution in [1.82, 2.24) is 10.2 Å². The number of benzene rings is 2. The molecular formula is C28H32N2O5. The Morgan fingerprint density at radius 3 is 2.29 bits per heavy atom. The summed E-state index contributed by atoms with van der Waals surface area (Å²) < 4.78 is 5.63. The van der Waals surface area contributed by atoms with Crippen LogP contribution in [-0.4, -0.2) is 54.2 Å². The molecular weight excluding hydrogens is 444 g/mol. The fourth-order valence-corrected chi connectivity index (χ4v) is 5.43. The molecule has 2 N–H and O–H groups in total. The van der Waals surface area contributed by atoms with Gasteiger partial charge in [0, 0.05) is 24.9 Å². The molecule has 0 saturated heterocycles. The van der Waals surface area contributed by atoms with Gasteiger partial charge in [0.25, 0.3) is 0 Å². The molecule has 0 bridgehead atoms. The normalized spacial score (nSPS) is 18.7. The summed E-state index contributed by atoms with van der Waals surface area (Å²) in [6.45, 7) is 4.03. The first-order chi connectivity index (χ1) is 17.0. The van der Waals surface area contributed by atoms with Crippen LogP contribution in [-0.2, 0) is 14.3 Å². The quantitative estimate of drug-likeness (QED) is 0.522. The van der Waals surface area contributed by atoms with Crippen LogP contribution in [0.15, 0.2) is 61.2 Å². The summed E-state index contributed by atoms with van der Waals surface area (Å²) in [5, 5.41) is 12.0. The Balaban J connectivity index is 1.35. The predicted octanol–water partition coefficient (Wildman–Crippen LogP) is 4.43. The number of carboxylic acids is 1. The van der Waals surface area contributed by atoms with Gasteiger partial charge in [0.2, 0.25) is 5.91 Å². The second kappa shape index (κ2) is 11.2. The van der Waals surface area contributed by atoms with E-state index in [-0.39, 0.29) is 43.4 Å². The lowest BCUT2D eigenvalue weighted by Crippen LogP contribution is -2.45. The topological polar surface area (TPSA) is 95.9 Å². The van der Waals surface area contributed by atoms with Crippen LogP contribution in [0.4, 0.5) is 4.79 Å². The fraction of sp³-hybridized carbons (Fsp3) is 0.393. The number of hydrogen-bond acceptors (Lipinski definition) is 4. The van der Waals surface area contributed by atoms with E-state index >= 15 is 0 Å². The van der Waals surface area contributed by atoms with Gasteiger partial charge in [-0.1, -0.05) is 67.4 Å². The Bertz CT molecular complexity index is 1050. The third kappa shape index (κ3) is 5.56. The molecule has 7 heteroatoms. The Hall–Kier alpha value is -3.61. The first kappa shape index (κ1) is 24.5. The van der Waals surface area contributed by atoms with E-state index in [0.29, 0.717) is 13.0 Å². The zero-order valence-electron chi connectivity index (χ0n) is 19.8. The molecule has 0 heterocycles. The largest absolute Gasteiger partial charge is 0.480 e. The van der Waals surface area contributed by atoms with Crippen molar-refractivity contribution < 1.29 is 24.2 Å². The molecule has 2 aliphatic carbocycles. The molecule has 0 unspecified atom stereocenters. The summed E-state index contributed by atoms with van der Waals surface area (Å²) in [6, 6.07) is 16.4. The van der Waals surface area contributed by atoms with Crippen molar-refractivity contribution in [2.45, 2.75) is 31.6 Å². The fourth-order valence-electron chi connectivity index (χ4n) is 5.43. The lowest BCUT2D eigenvalue weighted by atomic mass is 9.78. The van der Waals surface area contributed by atoms with E-state index in [9.17, 15) is 14.4 Å². The molecule has 2 aromatic carbocycles. The van der Waals surface area contributed by atoms with Crippen LogP contribution in [0.2, 0.25) is 0 Å². The van der Waals surface area contributed by atoms with Crippen LogP contribution >= 0.6 is 0 Å². The molecule has 184 valence electrons. The minimum absolute atomic E-state index is 0.0133. The monoisotopic (exact) mass is 476 g/mol. The number of fused-ring (bicyclic) bond motifs is 3. The minimum atomic E-state index is -1.05. The molecule has 1 saturated carbocycles. The maximum absolute atomic E-state index is 13.1. The highest BCUT2D eigenvalue weighted by Gasteiger charge is 2.34. The molecule has 2 aliphatic rings. The molecule has 7 nitrogen and oxygen atoms in total. The molecule has 35 heavy (non-hydrogen) atoms. The minimum Gasteiger partial charge on any atom is -0.480 e. The van der Waals surface area contributed by atoms with Crippen LogP contribution in [0.1, 0.15) is 42.7 Å². The number of nitrogens with one attached hydrogen (secondary N) is 1.